The first-order valence-electron chi connectivity index (χ1n) is 18.6. The Labute approximate surface area is 325 Å². The van der Waals surface area contributed by atoms with Gasteiger partial charge in [0.15, 0.2) is 0 Å². The third kappa shape index (κ3) is 6.01. The number of nitrogens with zero attached hydrogens (tertiary/aromatic N) is 1. The molecule has 0 saturated carbocycles. The van der Waals surface area contributed by atoms with Crippen molar-refractivity contribution in [2.24, 2.45) is 0 Å². The van der Waals surface area contributed by atoms with E-state index in [-0.39, 0.29) is 0 Å². The number of rotatable bonds is 6. The van der Waals surface area contributed by atoms with Gasteiger partial charge < -0.3 is 10.2 Å². The van der Waals surface area contributed by atoms with Crippen molar-refractivity contribution in [3.05, 3.63) is 218 Å². The van der Waals surface area contributed by atoms with E-state index >= 15 is 0 Å². The van der Waals surface area contributed by atoms with Crippen LogP contribution in [0.25, 0.3) is 64.3 Å². The number of hydrogen-bond donors (Lipinski definition) is 1. The molecule has 1 aliphatic rings. The van der Waals surface area contributed by atoms with Crippen LogP contribution in [0.4, 0.5) is 22.7 Å². The minimum Gasteiger partial charge on any atom is -0.355 e. The van der Waals surface area contributed by atoms with Crippen LogP contribution in [0.2, 0.25) is 0 Å². The number of benzene rings is 8. The van der Waals surface area contributed by atoms with Gasteiger partial charge in [-0.25, -0.2) is 0 Å². The number of anilines is 4. The molecule has 1 N–H and O–H groups in total. The topological polar surface area (TPSA) is 15.3 Å². The minimum absolute atomic E-state index is 0.963. The van der Waals surface area contributed by atoms with E-state index in [1.807, 2.05) is 11.3 Å². The van der Waals surface area contributed by atoms with E-state index in [9.17, 15) is 0 Å². The van der Waals surface area contributed by atoms with E-state index in [0.717, 1.165) is 50.6 Å². The summed E-state index contributed by atoms with van der Waals surface area (Å²) in [4.78, 5) is 2.29. The van der Waals surface area contributed by atoms with Gasteiger partial charge in [-0.1, -0.05) is 146 Å². The molecule has 0 fully saturated rings. The van der Waals surface area contributed by atoms with Crippen LogP contribution in [-0.2, 0) is 0 Å². The van der Waals surface area contributed by atoms with E-state index in [1.54, 1.807) is 0 Å². The third-order valence-corrected chi connectivity index (χ3v) is 11.8. The van der Waals surface area contributed by atoms with Crippen molar-refractivity contribution in [3.8, 4) is 22.3 Å². The average Bonchev–Trinajstić information content (AvgIpc) is 3.63. The zero-order valence-corrected chi connectivity index (χ0v) is 30.9. The van der Waals surface area contributed by atoms with Crippen LogP contribution in [0, 0.1) is 0 Å². The second-order valence-corrected chi connectivity index (χ2v) is 15.0. The summed E-state index contributed by atoms with van der Waals surface area (Å²) in [5, 5.41) is 8.85. The van der Waals surface area contributed by atoms with Gasteiger partial charge in [-0.05, 0) is 87.8 Å². The maximum Gasteiger partial charge on any atom is 0.0533 e. The van der Waals surface area contributed by atoms with E-state index in [0.29, 0.717) is 0 Å². The van der Waals surface area contributed by atoms with Gasteiger partial charge in [-0.15, -0.1) is 11.3 Å². The molecule has 0 amide bonds. The summed E-state index contributed by atoms with van der Waals surface area (Å²) in [5.74, 6) is 0. The van der Waals surface area contributed by atoms with Gasteiger partial charge in [0.2, 0.25) is 0 Å². The van der Waals surface area contributed by atoms with Crippen LogP contribution in [0.5, 0.6) is 0 Å². The van der Waals surface area contributed by atoms with Gasteiger partial charge in [0, 0.05) is 65.5 Å². The SMILES string of the molecule is C=C1/C=C(c2ccc(Nc3cccc4ccccc34)c(-c3cccc4c3sc3ccccc34)c2)\C=C/N(c2cccc(-c3ccccc3)c2)c2ccccc21. The maximum atomic E-state index is 4.63. The number of fused-ring (bicyclic) bond motifs is 5. The zero-order valence-electron chi connectivity index (χ0n) is 30.1. The summed E-state index contributed by atoms with van der Waals surface area (Å²) < 4.78 is 2.58. The molecule has 10 rings (SSSR count). The highest BCUT2D eigenvalue weighted by Crippen LogP contribution is 2.44. The lowest BCUT2D eigenvalue weighted by atomic mass is 9.93. The molecule has 0 atom stereocenters. The molecule has 2 nitrogen and oxygen atoms in total. The number of para-hydroxylation sites is 1. The first-order valence-corrected chi connectivity index (χ1v) is 19.4. The molecule has 0 saturated heterocycles. The van der Waals surface area contributed by atoms with Crippen LogP contribution < -0.4 is 10.2 Å². The lowest BCUT2D eigenvalue weighted by Crippen LogP contribution is -2.12. The summed E-state index contributed by atoms with van der Waals surface area (Å²) in [6.07, 6.45) is 6.66. The van der Waals surface area contributed by atoms with Crippen molar-refractivity contribution in [2.45, 2.75) is 0 Å². The molecule has 1 aliphatic heterocycles. The fourth-order valence-corrected chi connectivity index (χ4v) is 9.10. The summed E-state index contributed by atoms with van der Waals surface area (Å²) >= 11 is 1.86. The predicted molar refractivity (Wildman–Crippen MR) is 239 cm³/mol. The van der Waals surface area contributed by atoms with Crippen LogP contribution in [0.1, 0.15) is 11.1 Å². The van der Waals surface area contributed by atoms with Crippen molar-refractivity contribution in [1.82, 2.24) is 0 Å². The molecule has 0 radical (unpaired) electrons. The Balaban J connectivity index is 1.13. The smallest absolute Gasteiger partial charge is 0.0533 e. The fraction of sp³-hybridized carbons (Fsp3) is 0. The van der Waals surface area contributed by atoms with E-state index in [4.69, 9.17) is 0 Å². The second-order valence-electron chi connectivity index (χ2n) is 13.9. The molecular formula is C52H36N2S. The summed E-state index contributed by atoms with van der Waals surface area (Å²) in [6, 6.07) is 65.2. The van der Waals surface area contributed by atoms with Crippen LogP contribution in [0.3, 0.4) is 0 Å². The lowest BCUT2D eigenvalue weighted by molar-refractivity contribution is 1.27. The number of hydrogen-bond acceptors (Lipinski definition) is 3. The summed E-state index contributed by atoms with van der Waals surface area (Å²) in [5.41, 5.74) is 13.3. The van der Waals surface area contributed by atoms with Gasteiger partial charge in [0.25, 0.3) is 0 Å². The highest BCUT2D eigenvalue weighted by atomic mass is 32.1. The Bertz CT molecular complexity index is 2980. The Morgan fingerprint density at radius 1 is 0.491 bits per heavy atom. The third-order valence-electron chi connectivity index (χ3n) is 10.6. The molecule has 260 valence electrons. The standard InChI is InChI=1S/C52H36N2S/c1-35-32-40(30-31-54(50-26-9-7-20-42(35)50)41-19-11-18-38(33-41)36-14-3-2-4-15-36)39-28-29-49(53-48-25-12-17-37-16-5-6-21-43(37)48)47(34-39)46-24-13-23-45-44-22-8-10-27-51(44)55-52(45)46/h2-34,53H,1H2/b31-30-,40-32+. The summed E-state index contributed by atoms with van der Waals surface area (Å²) in [6.45, 7) is 4.63. The predicted octanol–water partition coefficient (Wildman–Crippen LogP) is 15.0. The maximum absolute atomic E-state index is 4.63. The van der Waals surface area contributed by atoms with E-state index in [2.05, 4.69) is 217 Å². The van der Waals surface area contributed by atoms with Gasteiger partial charge in [-0.2, -0.15) is 0 Å². The molecule has 8 aromatic carbocycles. The Morgan fingerprint density at radius 3 is 2.13 bits per heavy atom. The summed E-state index contributed by atoms with van der Waals surface area (Å²) in [7, 11) is 0. The van der Waals surface area contributed by atoms with Crippen LogP contribution in [0.15, 0.2) is 207 Å². The largest absolute Gasteiger partial charge is 0.355 e. The zero-order chi connectivity index (χ0) is 36.7. The van der Waals surface area contributed by atoms with E-state index < -0.39 is 0 Å². The molecule has 9 aromatic rings. The first kappa shape index (κ1) is 32.7. The van der Waals surface area contributed by atoms with Crippen molar-refractivity contribution < 1.29 is 0 Å². The van der Waals surface area contributed by atoms with Crippen molar-refractivity contribution in [3.63, 3.8) is 0 Å². The minimum atomic E-state index is 0.963. The Kier molecular flexibility index (Phi) is 8.20. The van der Waals surface area contributed by atoms with Gasteiger partial charge in [0.1, 0.15) is 0 Å². The monoisotopic (exact) mass is 720 g/mol. The molecule has 1 aromatic heterocycles. The molecule has 55 heavy (non-hydrogen) atoms. The molecular weight excluding hydrogens is 685 g/mol. The lowest BCUT2D eigenvalue weighted by Gasteiger charge is -2.26. The van der Waals surface area contributed by atoms with Gasteiger partial charge in [0.05, 0.1) is 5.69 Å². The first-order chi connectivity index (χ1) is 27.2. The van der Waals surface area contributed by atoms with Crippen LogP contribution >= 0.6 is 11.3 Å². The highest BCUT2D eigenvalue weighted by molar-refractivity contribution is 7.26. The quantitative estimate of drug-likeness (QED) is 0.184. The highest BCUT2D eigenvalue weighted by Gasteiger charge is 2.19. The molecule has 0 bridgehead atoms. The second kappa shape index (κ2) is 13.8. The van der Waals surface area contributed by atoms with Crippen molar-refractivity contribution in [2.75, 3.05) is 10.2 Å². The van der Waals surface area contributed by atoms with Crippen molar-refractivity contribution in [1.29, 1.82) is 0 Å². The molecule has 0 unspecified atom stereocenters. The van der Waals surface area contributed by atoms with Crippen molar-refractivity contribution >= 4 is 76.2 Å². The number of nitrogens with one attached hydrogen (secondary N) is 1. The molecule has 0 spiro atoms. The normalized spacial score (nSPS) is 14.3. The van der Waals surface area contributed by atoms with Crippen LogP contribution in [-0.4, -0.2) is 0 Å². The van der Waals surface area contributed by atoms with Gasteiger partial charge in [-0.3, -0.25) is 0 Å². The average molecular weight is 721 g/mol. The molecule has 0 aliphatic carbocycles. The van der Waals surface area contributed by atoms with E-state index in [1.165, 1.54) is 47.6 Å². The number of allylic oxidation sites excluding steroid dienone is 4. The Morgan fingerprint density at radius 2 is 1.20 bits per heavy atom. The van der Waals surface area contributed by atoms with Gasteiger partial charge >= 0.3 is 0 Å². The number of thiophene rings is 1. The fourth-order valence-electron chi connectivity index (χ4n) is 7.87. The molecule has 2 heterocycles. The Hall–Kier alpha value is -6.94. The molecule has 3 heteroatoms.